The molecule has 0 radical (unpaired) electrons. The van der Waals surface area contributed by atoms with Gasteiger partial charge in [0.05, 0.1) is 6.54 Å². The van der Waals surface area contributed by atoms with Crippen molar-refractivity contribution in [2.75, 3.05) is 45.3 Å². The Morgan fingerprint density at radius 1 is 1.26 bits per heavy atom. The highest BCUT2D eigenvalue weighted by atomic mass is 16.5. The van der Waals surface area contributed by atoms with Gasteiger partial charge in [-0.25, -0.2) is 0 Å². The van der Waals surface area contributed by atoms with Crippen LogP contribution in [0.1, 0.15) is 37.7 Å². The van der Waals surface area contributed by atoms with E-state index in [1.165, 1.54) is 31.2 Å². The molecule has 0 aromatic heterocycles. The molecule has 2 N–H and O–H groups in total. The summed E-state index contributed by atoms with van der Waals surface area (Å²) in [7, 11) is 3.51. The molecule has 1 aliphatic carbocycles. The maximum absolute atomic E-state index is 12.7. The van der Waals surface area contributed by atoms with Gasteiger partial charge >= 0.3 is 0 Å². The number of ether oxygens (including phenoxy) is 1. The van der Waals surface area contributed by atoms with Crippen LogP contribution in [0.2, 0.25) is 0 Å². The van der Waals surface area contributed by atoms with Gasteiger partial charge in [-0.3, -0.25) is 9.79 Å². The van der Waals surface area contributed by atoms with Crippen LogP contribution in [-0.4, -0.2) is 52.3 Å². The summed E-state index contributed by atoms with van der Waals surface area (Å²) in [6, 6.07) is 8.13. The predicted octanol–water partition coefficient (Wildman–Crippen LogP) is 2.34. The van der Waals surface area contributed by atoms with Crippen molar-refractivity contribution in [3.63, 3.8) is 0 Å². The van der Waals surface area contributed by atoms with Crippen molar-refractivity contribution in [3.8, 4) is 0 Å². The summed E-state index contributed by atoms with van der Waals surface area (Å²) in [5.41, 5.74) is 2.57. The Kier molecular flexibility index (Phi) is 6.72. The Labute approximate surface area is 162 Å². The summed E-state index contributed by atoms with van der Waals surface area (Å²) in [6.45, 7) is 2.67. The Bertz CT molecular complexity index is 668. The van der Waals surface area contributed by atoms with Gasteiger partial charge in [-0.15, -0.1) is 0 Å². The molecule has 1 fully saturated rings. The highest BCUT2D eigenvalue weighted by molar-refractivity contribution is 5.98. The SMILES string of the molecule is CN=C(NCC(=O)N1CCc2ccccc21)NCC1(CCOC)CCCC1. The third kappa shape index (κ3) is 4.80. The molecular weight excluding hydrogens is 340 g/mol. The lowest BCUT2D eigenvalue weighted by atomic mass is 9.83. The molecule has 0 atom stereocenters. The zero-order chi connectivity index (χ0) is 19.1. The molecule has 3 rings (SSSR count). The molecule has 6 heteroatoms. The van der Waals surface area contributed by atoms with E-state index in [-0.39, 0.29) is 17.9 Å². The molecule has 1 amide bonds. The van der Waals surface area contributed by atoms with E-state index in [1.807, 2.05) is 23.1 Å². The van der Waals surface area contributed by atoms with Crippen molar-refractivity contribution >= 4 is 17.6 Å². The second-order valence-electron chi connectivity index (χ2n) is 7.65. The first-order valence-electron chi connectivity index (χ1n) is 9.99. The lowest BCUT2D eigenvalue weighted by Crippen LogP contribution is -2.47. The van der Waals surface area contributed by atoms with Crippen LogP contribution in [0.3, 0.4) is 0 Å². The molecule has 1 heterocycles. The number of carbonyl (C=O) groups excluding carboxylic acids is 1. The summed E-state index contributed by atoms with van der Waals surface area (Å²) < 4.78 is 5.30. The van der Waals surface area contributed by atoms with Crippen LogP contribution in [0.4, 0.5) is 5.69 Å². The fraction of sp³-hybridized carbons (Fsp3) is 0.619. The number of rotatable bonds is 7. The first-order valence-corrected chi connectivity index (χ1v) is 9.99. The molecule has 1 aromatic carbocycles. The van der Waals surface area contributed by atoms with Crippen molar-refractivity contribution < 1.29 is 9.53 Å². The number of methoxy groups -OCH3 is 1. The predicted molar refractivity (Wildman–Crippen MR) is 109 cm³/mol. The Morgan fingerprint density at radius 3 is 2.78 bits per heavy atom. The van der Waals surface area contributed by atoms with Gasteiger partial charge in [-0.2, -0.15) is 0 Å². The van der Waals surface area contributed by atoms with Crippen LogP contribution < -0.4 is 15.5 Å². The van der Waals surface area contributed by atoms with Crippen molar-refractivity contribution in [1.29, 1.82) is 0 Å². The van der Waals surface area contributed by atoms with Crippen LogP contribution in [0.15, 0.2) is 29.3 Å². The highest BCUT2D eigenvalue weighted by Crippen LogP contribution is 2.40. The fourth-order valence-electron chi connectivity index (χ4n) is 4.30. The van der Waals surface area contributed by atoms with Crippen molar-refractivity contribution in [2.45, 2.75) is 38.5 Å². The zero-order valence-corrected chi connectivity index (χ0v) is 16.6. The zero-order valence-electron chi connectivity index (χ0n) is 16.6. The van der Waals surface area contributed by atoms with Crippen molar-refractivity contribution in [2.24, 2.45) is 10.4 Å². The number of hydrogen-bond acceptors (Lipinski definition) is 3. The number of fused-ring (bicyclic) bond motifs is 1. The molecule has 0 spiro atoms. The summed E-state index contributed by atoms with van der Waals surface area (Å²) in [4.78, 5) is 18.8. The van der Waals surface area contributed by atoms with E-state index in [1.54, 1.807) is 14.2 Å². The molecule has 6 nitrogen and oxygen atoms in total. The number of nitrogens with one attached hydrogen (secondary N) is 2. The minimum atomic E-state index is 0.0814. The summed E-state index contributed by atoms with van der Waals surface area (Å²) >= 11 is 0. The summed E-state index contributed by atoms with van der Waals surface area (Å²) in [6.07, 6.45) is 7.01. The van der Waals surface area contributed by atoms with Gasteiger partial charge in [-0.1, -0.05) is 31.0 Å². The molecule has 0 unspecified atom stereocenters. The molecule has 0 bridgehead atoms. The average molecular weight is 373 g/mol. The number of benzene rings is 1. The molecule has 1 saturated carbocycles. The van der Waals surface area contributed by atoms with Crippen LogP contribution in [0.25, 0.3) is 0 Å². The van der Waals surface area contributed by atoms with Gasteiger partial charge < -0.3 is 20.3 Å². The van der Waals surface area contributed by atoms with E-state index < -0.39 is 0 Å². The van der Waals surface area contributed by atoms with Gasteiger partial charge in [0.15, 0.2) is 5.96 Å². The van der Waals surface area contributed by atoms with Gasteiger partial charge in [-0.05, 0) is 42.7 Å². The average Bonchev–Trinajstić information content (AvgIpc) is 3.34. The maximum atomic E-state index is 12.7. The van der Waals surface area contributed by atoms with E-state index in [2.05, 4.69) is 21.7 Å². The van der Waals surface area contributed by atoms with Crippen molar-refractivity contribution in [3.05, 3.63) is 29.8 Å². The monoisotopic (exact) mass is 372 g/mol. The molecule has 0 saturated heterocycles. The number of amides is 1. The standard InChI is InChI=1S/C21H32N4O2/c1-22-20(24-16-21(12-14-27-2)10-5-6-11-21)23-15-19(26)25-13-9-17-7-3-4-8-18(17)25/h3-4,7-8H,5-6,9-16H2,1-2H3,(H2,22,23,24). The lowest BCUT2D eigenvalue weighted by Gasteiger charge is -2.30. The molecule has 148 valence electrons. The van der Waals surface area contributed by atoms with E-state index in [0.717, 1.165) is 38.2 Å². The summed E-state index contributed by atoms with van der Waals surface area (Å²) in [5, 5.41) is 6.63. The van der Waals surface area contributed by atoms with Crippen molar-refractivity contribution in [1.82, 2.24) is 10.6 Å². The van der Waals surface area contributed by atoms with Gasteiger partial charge in [0.25, 0.3) is 0 Å². The second kappa shape index (κ2) is 9.22. The molecule has 2 aliphatic rings. The van der Waals surface area contributed by atoms with E-state index in [4.69, 9.17) is 4.74 Å². The number of anilines is 1. The number of guanidine groups is 1. The minimum Gasteiger partial charge on any atom is -0.385 e. The van der Waals surface area contributed by atoms with Gasteiger partial charge in [0.1, 0.15) is 0 Å². The first kappa shape index (κ1) is 19.7. The van der Waals surface area contributed by atoms with Gasteiger partial charge in [0.2, 0.25) is 5.91 Å². The fourth-order valence-corrected chi connectivity index (χ4v) is 4.30. The molecular formula is C21H32N4O2. The first-order chi connectivity index (χ1) is 13.2. The van der Waals surface area contributed by atoms with Crippen LogP contribution in [0, 0.1) is 5.41 Å². The largest absolute Gasteiger partial charge is 0.385 e. The quantitative estimate of drug-likeness (QED) is 0.570. The second-order valence-corrected chi connectivity index (χ2v) is 7.65. The topological polar surface area (TPSA) is 66.0 Å². The van der Waals surface area contributed by atoms with E-state index in [9.17, 15) is 4.79 Å². The number of aliphatic imine (C=N–C) groups is 1. The highest BCUT2D eigenvalue weighted by Gasteiger charge is 2.33. The van der Waals surface area contributed by atoms with Crippen LogP contribution in [-0.2, 0) is 16.0 Å². The lowest BCUT2D eigenvalue weighted by molar-refractivity contribution is -0.117. The molecule has 27 heavy (non-hydrogen) atoms. The third-order valence-corrected chi connectivity index (χ3v) is 5.95. The molecule has 1 aliphatic heterocycles. The maximum Gasteiger partial charge on any atom is 0.246 e. The van der Waals surface area contributed by atoms with E-state index >= 15 is 0 Å². The van der Waals surface area contributed by atoms with Gasteiger partial charge in [0, 0.05) is 39.5 Å². The summed E-state index contributed by atoms with van der Waals surface area (Å²) in [5.74, 6) is 0.775. The Hall–Kier alpha value is -2.08. The van der Waals surface area contributed by atoms with E-state index in [0.29, 0.717) is 5.96 Å². The minimum absolute atomic E-state index is 0.0814. The smallest absolute Gasteiger partial charge is 0.246 e. The van der Waals surface area contributed by atoms with Crippen LogP contribution >= 0.6 is 0 Å². The normalized spacial score (nSPS) is 18.4. The number of nitrogens with zero attached hydrogens (tertiary/aromatic N) is 2. The number of hydrogen-bond donors (Lipinski definition) is 2. The van der Waals surface area contributed by atoms with Crippen LogP contribution in [0.5, 0.6) is 0 Å². The number of para-hydroxylation sites is 1. The Balaban J connectivity index is 1.50. The molecule has 1 aromatic rings. The Morgan fingerprint density at radius 2 is 2.04 bits per heavy atom. The third-order valence-electron chi connectivity index (χ3n) is 5.95. The number of carbonyl (C=O) groups is 1.